The van der Waals surface area contributed by atoms with Crippen LogP contribution in [0.15, 0.2) is 6.07 Å². The zero-order chi connectivity index (χ0) is 15.7. The fourth-order valence-corrected chi connectivity index (χ4v) is 3.68. The molecule has 0 aliphatic carbocycles. The first-order valence-corrected chi connectivity index (χ1v) is 8.09. The number of methoxy groups -OCH3 is 1. The Labute approximate surface area is 136 Å². The molecular weight excluding hydrogens is 304 g/mol. The van der Waals surface area contributed by atoms with E-state index in [0.29, 0.717) is 42.2 Å². The van der Waals surface area contributed by atoms with E-state index in [4.69, 9.17) is 31.5 Å². The van der Waals surface area contributed by atoms with Crippen molar-refractivity contribution >= 4 is 11.6 Å². The largest absolute Gasteiger partial charge is 0.495 e. The Morgan fingerprint density at radius 1 is 1.41 bits per heavy atom. The van der Waals surface area contributed by atoms with Crippen molar-refractivity contribution < 1.29 is 14.2 Å². The summed E-state index contributed by atoms with van der Waals surface area (Å²) >= 11 is 6.41. The van der Waals surface area contributed by atoms with Gasteiger partial charge >= 0.3 is 0 Å². The number of hydrogen-bond acceptors (Lipinski definition) is 5. The fraction of sp³-hybridized carbons (Fsp3) is 0.625. The van der Waals surface area contributed by atoms with E-state index in [1.165, 1.54) is 0 Å². The van der Waals surface area contributed by atoms with Crippen molar-refractivity contribution in [3.63, 3.8) is 0 Å². The molecule has 2 atom stereocenters. The highest BCUT2D eigenvalue weighted by molar-refractivity contribution is 6.32. The molecular formula is C16H23ClN2O3. The van der Waals surface area contributed by atoms with Gasteiger partial charge in [-0.15, -0.1) is 0 Å². The molecule has 122 valence electrons. The van der Waals surface area contributed by atoms with Gasteiger partial charge in [0, 0.05) is 25.1 Å². The van der Waals surface area contributed by atoms with E-state index in [1.807, 2.05) is 0 Å². The number of halogens is 1. The van der Waals surface area contributed by atoms with E-state index in [1.54, 1.807) is 13.2 Å². The number of nitrogens with zero attached hydrogens (tertiary/aromatic N) is 1. The summed E-state index contributed by atoms with van der Waals surface area (Å²) in [7, 11) is 3.74. The van der Waals surface area contributed by atoms with Gasteiger partial charge in [0.25, 0.3) is 0 Å². The van der Waals surface area contributed by atoms with Crippen molar-refractivity contribution in [1.82, 2.24) is 4.90 Å². The number of fused-ring (bicyclic) bond motifs is 1. The third kappa shape index (κ3) is 2.73. The molecule has 2 aliphatic rings. The minimum atomic E-state index is 0.178. The van der Waals surface area contributed by atoms with Gasteiger partial charge in [0.1, 0.15) is 5.75 Å². The van der Waals surface area contributed by atoms with Gasteiger partial charge in [0.2, 0.25) is 0 Å². The van der Waals surface area contributed by atoms with Crippen molar-refractivity contribution in [3.05, 3.63) is 16.7 Å². The predicted octanol–water partition coefficient (Wildman–Crippen LogP) is 2.46. The summed E-state index contributed by atoms with van der Waals surface area (Å²) in [4.78, 5) is 2.29. The Morgan fingerprint density at radius 3 is 2.86 bits per heavy atom. The van der Waals surface area contributed by atoms with Gasteiger partial charge in [-0.25, -0.2) is 0 Å². The molecule has 3 rings (SSSR count). The summed E-state index contributed by atoms with van der Waals surface area (Å²) in [5.74, 6) is 2.64. The summed E-state index contributed by atoms with van der Waals surface area (Å²) in [5.41, 5.74) is 6.85. The van der Waals surface area contributed by atoms with E-state index in [0.717, 1.165) is 30.7 Å². The highest BCUT2D eigenvalue weighted by atomic mass is 35.5. The molecule has 0 spiro atoms. The summed E-state index contributed by atoms with van der Waals surface area (Å²) < 4.78 is 17.4. The van der Waals surface area contributed by atoms with E-state index in [9.17, 15) is 0 Å². The van der Waals surface area contributed by atoms with Crippen LogP contribution in [0, 0.1) is 5.92 Å². The lowest BCUT2D eigenvalue weighted by Crippen LogP contribution is -2.21. The molecule has 0 bridgehead atoms. The summed E-state index contributed by atoms with van der Waals surface area (Å²) in [6.45, 7) is 2.93. The van der Waals surface area contributed by atoms with Crippen LogP contribution in [0.3, 0.4) is 0 Å². The maximum Gasteiger partial charge on any atom is 0.169 e. The van der Waals surface area contributed by atoms with Crippen molar-refractivity contribution in [2.24, 2.45) is 11.7 Å². The third-order valence-corrected chi connectivity index (χ3v) is 4.77. The summed E-state index contributed by atoms with van der Waals surface area (Å²) in [5, 5.41) is 0.561. The molecule has 1 saturated heterocycles. The Kier molecular flexibility index (Phi) is 4.66. The second-order valence-electron chi connectivity index (χ2n) is 5.98. The van der Waals surface area contributed by atoms with Crippen LogP contribution < -0.4 is 19.9 Å². The van der Waals surface area contributed by atoms with Crippen molar-refractivity contribution in [3.8, 4) is 17.2 Å². The fourth-order valence-electron chi connectivity index (χ4n) is 3.41. The van der Waals surface area contributed by atoms with Crippen LogP contribution in [0.4, 0.5) is 0 Å². The van der Waals surface area contributed by atoms with Crippen LogP contribution in [-0.4, -0.2) is 45.4 Å². The molecule has 0 aromatic heterocycles. The third-order valence-electron chi connectivity index (χ3n) is 4.49. The smallest absolute Gasteiger partial charge is 0.169 e. The molecule has 2 aliphatic heterocycles. The van der Waals surface area contributed by atoms with Crippen molar-refractivity contribution in [1.29, 1.82) is 0 Å². The molecule has 0 amide bonds. The number of nitrogens with two attached hydrogens (primary N) is 1. The first kappa shape index (κ1) is 15.7. The Hall–Kier alpha value is -1.17. The molecule has 6 heteroatoms. The minimum absolute atomic E-state index is 0.178. The predicted molar refractivity (Wildman–Crippen MR) is 86.1 cm³/mol. The van der Waals surface area contributed by atoms with Gasteiger partial charge in [0.05, 0.1) is 30.9 Å². The van der Waals surface area contributed by atoms with E-state index in [-0.39, 0.29) is 6.04 Å². The molecule has 0 radical (unpaired) electrons. The molecule has 2 N–H and O–H groups in total. The van der Waals surface area contributed by atoms with Crippen LogP contribution in [0.5, 0.6) is 17.2 Å². The summed E-state index contributed by atoms with van der Waals surface area (Å²) in [6.07, 6.45) is 1.83. The topological polar surface area (TPSA) is 57.0 Å². The first-order chi connectivity index (χ1) is 10.7. The average Bonchev–Trinajstić information content (AvgIpc) is 2.72. The molecule has 1 fully saturated rings. The lowest BCUT2D eigenvalue weighted by Gasteiger charge is -2.25. The molecule has 5 nitrogen and oxygen atoms in total. The second-order valence-corrected chi connectivity index (χ2v) is 6.38. The van der Waals surface area contributed by atoms with Gasteiger partial charge in [-0.2, -0.15) is 0 Å². The number of rotatable bonds is 3. The number of benzene rings is 1. The first-order valence-electron chi connectivity index (χ1n) is 7.72. The SMILES string of the molecule is COc1c(Cl)cc2c(c1C1CC(CN)CN1C)OCCCO2. The number of likely N-dealkylation sites (tertiary alicyclic amines) is 1. The number of ether oxygens (including phenoxy) is 3. The minimum Gasteiger partial charge on any atom is -0.495 e. The highest BCUT2D eigenvalue weighted by Crippen LogP contribution is 2.50. The quantitative estimate of drug-likeness (QED) is 0.924. The maximum atomic E-state index is 6.41. The summed E-state index contributed by atoms with van der Waals surface area (Å²) in [6, 6.07) is 1.97. The number of hydrogen-bond donors (Lipinski definition) is 1. The lowest BCUT2D eigenvalue weighted by molar-refractivity contribution is 0.275. The van der Waals surface area contributed by atoms with Gasteiger partial charge in [0.15, 0.2) is 11.5 Å². The van der Waals surface area contributed by atoms with Crippen molar-refractivity contribution in [2.75, 3.05) is 40.5 Å². The average molecular weight is 327 g/mol. The molecule has 1 aromatic rings. The molecule has 1 aromatic carbocycles. The zero-order valence-electron chi connectivity index (χ0n) is 13.1. The normalized spacial score (nSPS) is 25.1. The van der Waals surface area contributed by atoms with E-state index < -0.39 is 0 Å². The Morgan fingerprint density at radius 2 is 2.18 bits per heavy atom. The van der Waals surface area contributed by atoms with Crippen LogP contribution in [0.1, 0.15) is 24.4 Å². The highest BCUT2D eigenvalue weighted by Gasteiger charge is 2.36. The van der Waals surface area contributed by atoms with E-state index >= 15 is 0 Å². The Bertz CT molecular complexity index is 553. The molecule has 22 heavy (non-hydrogen) atoms. The second kappa shape index (κ2) is 6.52. The standard InChI is InChI=1S/C16H23ClN2O3/c1-19-9-10(8-18)6-12(19)14-15(20-2)11(17)7-13-16(14)22-5-3-4-21-13/h7,10,12H,3-6,8-9,18H2,1-2H3. The molecule has 2 unspecified atom stereocenters. The lowest BCUT2D eigenvalue weighted by atomic mass is 9.97. The van der Waals surface area contributed by atoms with Crippen LogP contribution in [0.2, 0.25) is 5.02 Å². The van der Waals surface area contributed by atoms with Crippen LogP contribution in [0.25, 0.3) is 0 Å². The zero-order valence-corrected chi connectivity index (χ0v) is 13.9. The monoisotopic (exact) mass is 326 g/mol. The maximum absolute atomic E-state index is 6.41. The van der Waals surface area contributed by atoms with Crippen molar-refractivity contribution in [2.45, 2.75) is 18.9 Å². The van der Waals surface area contributed by atoms with Crippen LogP contribution >= 0.6 is 11.6 Å². The van der Waals surface area contributed by atoms with Gasteiger partial charge < -0.3 is 19.9 Å². The molecule has 2 heterocycles. The van der Waals surface area contributed by atoms with Crippen LogP contribution in [-0.2, 0) is 0 Å². The van der Waals surface area contributed by atoms with Gasteiger partial charge in [-0.1, -0.05) is 11.6 Å². The Balaban J connectivity index is 2.10. The van der Waals surface area contributed by atoms with Gasteiger partial charge in [-0.05, 0) is 25.9 Å². The van der Waals surface area contributed by atoms with E-state index in [2.05, 4.69) is 11.9 Å². The van der Waals surface area contributed by atoms with Gasteiger partial charge in [-0.3, -0.25) is 4.90 Å². The molecule has 0 saturated carbocycles.